The molecular formula is C25H21IN2O6S. The maximum absolute atomic E-state index is 13.7. The third-order valence-corrected chi connectivity index (χ3v) is 7.53. The normalized spacial score (nSPS) is 16.7. The lowest BCUT2D eigenvalue weighted by molar-refractivity contribution is -0.139. The average molecular weight is 604 g/mol. The molecule has 0 unspecified atom stereocenters. The quantitative estimate of drug-likeness (QED) is 0.329. The van der Waals surface area contributed by atoms with Crippen LogP contribution >= 0.6 is 33.9 Å². The third-order valence-electron chi connectivity index (χ3n) is 5.70. The van der Waals surface area contributed by atoms with E-state index in [0.29, 0.717) is 37.7 Å². The number of hydrogen-bond acceptors (Lipinski definition) is 8. The fourth-order valence-electron chi connectivity index (χ4n) is 4.11. The van der Waals surface area contributed by atoms with Crippen molar-refractivity contribution < 1.29 is 23.7 Å². The molecule has 1 aromatic heterocycles. The highest BCUT2D eigenvalue weighted by Gasteiger charge is 2.34. The van der Waals surface area contributed by atoms with Gasteiger partial charge in [-0.05, 0) is 77.9 Å². The van der Waals surface area contributed by atoms with Crippen molar-refractivity contribution in [2.45, 2.75) is 19.9 Å². The number of halogens is 1. The van der Waals surface area contributed by atoms with Crippen LogP contribution in [0.3, 0.4) is 0 Å². The minimum atomic E-state index is -0.710. The number of ether oxygens (including phenoxy) is 4. The van der Waals surface area contributed by atoms with Crippen molar-refractivity contribution >= 4 is 46.0 Å². The van der Waals surface area contributed by atoms with Crippen LogP contribution in [0.5, 0.6) is 17.2 Å². The standard InChI is InChI=1S/C25H21IN2O6S/c1-4-32-24(30)21-13(2)27-25-28(22(21)15-6-8-18-19(11-15)34-12-33-18)23(29)20(35-25)10-14-5-7-17(31-3)16(26)9-14/h5-11,22H,4,12H2,1-3H3/b20-10-/t22-/m0/s1. The predicted molar refractivity (Wildman–Crippen MR) is 139 cm³/mol. The molecule has 0 saturated heterocycles. The van der Waals surface area contributed by atoms with Crippen LogP contribution < -0.4 is 29.1 Å². The van der Waals surface area contributed by atoms with Gasteiger partial charge in [-0.2, -0.15) is 0 Å². The Morgan fingerprint density at radius 1 is 1.26 bits per heavy atom. The summed E-state index contributed by atoms with van der Waals surface area (Å²) in [5.41, 5.74) is 2.16. The third kappa shape index (κ3) is 4.25. The van der Waals surface area contributed by atoms with E-state index < -0.39 is 12.0 Å². The molecule has 10 heteroatoms. The number of aromatic nitrogens is 1. The molecule has 0 saturated carbocycles. The van der Waals surface area contributed by atoms with Gasteiger partial charge >= 0.3 is 5.97 Å². The molecule has 0 radical (unpaired) electrons. The maximum atomic E-state index is 13.7. The molecule has 180 valence electrons. The summed E-state index contributed by atoms with van der Waals surface area (Å²) in [6, 6.07) is 10.4. The van der Waals surface area contributed by atoms with Crippen molar-refractivity contribution in [2.75, 3.05) is 20.5 Å². The summed E-state index contributed by atoms with van der Waals surface area (Å²) in [7, 11) is 1.62. The molecule has 2 aliphatic rings. The highest BCUT2D eigenvalue weighted by atomic mass is 127. The number of rotatable bonds is 5. The van der Waals surface area contributed by atoms with Gasteiger partial charge in [0.2, 0.25) is 6.79 Å². The minimum Gasteiger partial charge on any atom is -0.496 e. The summed E-state index contributed by atoms with van der Waals surface area (Å²) in [6.45, 7) is 3.84. The number of allylic oxidation sites excluding steroid dienone is 1. The molecule has 0 bridgehead atoms. The van der Waals surface area contributed by atoms with Crippen molar-refractivity contribution in [2.24, 2.45) is 4.99 Å². The molecule has 5 rings (SSSR count). The largest absolute Gasteiger partial charge is 0.496 e. The van der Waals surface area contributed by atoms with Gasteiger partial charge in [0.25, 0.3) is 5.56 Å². The number of benzene rings is 2. The number of carbonyl (C=O) groups is 1. The van der Waals surface area contributed by atoms with E-state index in [2.05, 4.69) is 27.6 Å². The molecule has 2 aromatic carbocycles. The lowest BCUT2D eigenvalue weighted by atomic mass is 9.95. The van der Waals surface area contributed by atoms with Gasteiger partial charge in [0.05, 0.1) is 39.1 Å². The summed E-state index contributed by atoms with van der Waals surface area (Å²) in [5, 5.41) is 0. The van der Waals surface area contributed by atoms with Crippen molar-refractivity contribution in [3.05, 3.63) is 82.1 Å². The highest BCUT2D eigenvalue weighted by molar-refractivity contribution is 14.1. The molecule has 0 N–H and O–H groups in total. The lowest BCUT2D eigenvalue weighted by Crippen LogP contribution is -2.39. The summed E-state index contributed by atoms with van der Waals surface area (Å²) in [4.78, 5) is 31.8. The molecule has 0 spiro atoms. The summed E-state index contributed by atoms with van der Waals surface area (Å²) in [5.74, 6) is 1.45. The van der Waals surface area contributed by atoms with E-state index in [1.165, 1.54) is 11.3 Å². The molecular weight excluding hydrogens is 583 g/mol. The molecule has 3 aromatic rings. The van der Waals surface area contributed by atoms with Crippen LogP contribution in [0.4, 0.5) is 0 Å². The molecule has 8 nitrogen and oxygen atoms in total. The van der Waals surface area contributed by atoms with Crippen LogP contribution in [0.1, 0.15) is 31.0 Å². The zero-order valence-corrected chi connectivity index (χ0v) is 22.1. The Labute approximate surface area is 218 Å². The zero-order valence-electron chi connectivity index (χ0n) is 19.2. The van der Waals surface area contributed by atoms with Gasteiger partial charge in [-0.15, -0.1) is 0 Å². The fourth-order valence-corrected chi connectivity index (χ4v) is 5.92. The van der Waals surface area contributed by atoms with E-state index in [1.807, 2.05) is 30.3 Å². The zero-order chi connectivity index (χ0) is 24.7. The lowest BCUT2D eigenvalue weighted by Gasteiger charge is -2.24. The first-order chi connectivity index (χ1) is 16.9. The average Bonchev–Trinajstić information content (AvgIpc) is 3.42. The van der Waals surface area contributed by atoms with E-state index >= 15 is 0 Å². The molecule has 2 aliphatic heterocycles. The first kappa shape index (κ1) is 23.6. The van der Waals surface area contributed by atoms with Crippen LogP contribution in [0, 0.1) is 3.57 Å². The Morgan fingerprint density at radius 3 is 2.80 bits per heavy atom. The predicted octanol–water partition coefficient (Wildman–Crippen LogP) is 3.14. The van der Waals surface area contributed by atoms with Gasteiger partial charge < -0.3 is 18.9 Å². The second-order valence-corrected chi connectivity index (χ2v) is 9.98. The van der Waals surface area contributed by atoms with Crippen LogP contribution in [-0.4, -0.2) is 31.0 Å². The first-order valence-corrected chi connectivity index (χ1v) is 12.7. The Hall–Kier alpha value is -3.12. The monoisotopic (exact) mass is 604 g/mol. The van der Waals surface area contributed by atoms with Gasteiger partial charge in [0, 0.05) is 0 Å². The van der Waals surface area contributed by atoms with Gasteiger partial charge in [-0.25, -0.2) is 9.79 Å². The summed E-state index contributed by atoms with van der Waals surface area (Å²) < 4.78 is 24.7. The van der Waals surface area contributed by atoms with Crippen molar-refractivity contribution in [3.63, 3.8) is 0 Å². The minimum absolute atomic E-state index is 0.127. The van der Waals surface area contributed by atoms with E-state index in [-0.39, 0.29) is 19.0 Å². The Bertz CT molecular complexity index is 1550. The number of carbonyl (C=O) groups excluding carboxylic acids is 1. The van der Waals surface area contributed by atoms with Crippen LogP contribution in [-0.2, 0) is 9.53 Å². The molecule has 0 fully saturated rings. The van der Waals surface area contributed by atoms with E-state index in [1.54, 1.807) is 37.7 Å². The van der Waals surface area contributed by atoms with Crippen LogP contribution in [0.25, 0.3) is 6.08 Å². The number of hydrogen-bond donors (Lipinski definition) is 0. The van der Waals surface area contributed by atoms with Crippen LogP contribution in [0.15, 0.2) is 57.5 Å². The van der Waals surface area contributed by atoms with Gasteiger partial charge in [-0.3, -0.25) is 9.36 Å². The second-order valence-electron chi connectivity index (χ2n) is 7.81. The summed E-state index contributed by atoms with van der Waals surface area (Å²) >= 11 is 3.48. The molecule has 35 heavy (non-hydrogen) atoms. The fraction of sp³-hybridized carbons (Fsp3) is 0.240. The first-order valence-electron chi connectivity index (χ1n) is 10.8. The molecule has 3 heterocycles. The smallest absolute Gasteiger partial charge is 0.338 e. The second kappa shape index (κ2) is 9.50. The molecule has 1 atom stereocenters. The topological polar surface area (TPSA) is 88.4 Å². The SMILES string of the molecule is CCOC(=O)C1=C(C)N=c2s/c(=C\c3ccc(OC)c(I)c3)c(=O)n2[C@H]1c1ccc2c(c1)OCO2. The van der Waals surface area contributed by atoms with Crippen LogP contribution in [0.2, 0.25) is 0 Å². The maximum Gasteiger partial charge on any atom is 0.338 e. The highest BCUT2D eigenvalue weighted by Crippen LogP contribution is 2.38. The Morgan fingerprint density at radius 2 is 2.06 bits per heavy atom. The van der Waals surface area contributed by atoms with E-state index in [9.17, 15) is 9.59 Å². The number of nitrogens with zero attached hydrogens (tertiary/aromatic N) is 2. The van der Waals surface area contributed by atoms with Crippen molar-refractivity contribution in [3.8, 4) is 17.2 Å². The Kier molecular flexibility index (Phi) is 6.41. The van der Waals surface area contributed by atoms with Crippen molar-refractivity contribution in [1.29, 1.82) is 0 Å². The number of fused-ring (bicyclic) bond motifs is 2. The van der Waals surface area contributed by atoms with Gasteiger partial charge in [0.15, 0.2) is 16.3 Å². The van der Waals surface area contributed by atoms with Crippen molar-refractivity contribution in [1.82, 2.24) is 4.57 Å². The van der Waals surface area contributed by atoms with Gasteiger partial charge in [0.1, 0.15) is 5.75 Å². The van der Waals surface area contributed by atoms with E-state index in [4.69, 9.17) is 18.9 Å². The number of methoxy groups -OCH3 is 1. The molecule has 0 aliphatic carbocycles. The summed E-state index contributed by atoms with van der Waals surface area (Å²) in [6.07, 6.45) is 1.82. The van der Waals surface area contributed by atoms with Gasteiger partial charge in [-0.1, -0.05) is 23.5 Å². The number of esters is 1. The Balaban J connectivity index is 1.70. The molecule has 0 amide bonds. The number of thiazole rings is 1. The van der Waals surface area contributed by atoms with E-state index in [0.717, 1.165) is 14.9 Å².